The van der Waals surface area contributed by atoms with Crippen LogP contribution in [0.3, 0.4) is 0 Å². The predicted octanol–water partition coefficient (Wildman–Crippen LogP) is 3.22. The van der Waals surface area contributed by atoms with Crippen molar-refractivity contribution >= 4 is 12.0 Å². The molecule has 68 valence electrons. The summed E-state index contributed by atoms with van der Waals surface area (Å²) in [5, 5.41) is 0. The molecule has 0 atom stereocenters. The lowest BCUT2D eigenvalue weighted by Gasteiger charge is -2.17. The summed E-state index contributed by atoms with van der Waals surface area (Å²) in [6, 6.07) is 0. The predicted molar refractivity (Wildman–Crippen MR) is 39.1 cm³/mol. The largest absolute Gasteiger partial charge is 0.467 e. The molecule has 11 heavy (non-hydrogen) atoms. The normalized spacial score (nSPS) is 13.6. The van der Waals surface area contributed by atoms with Gasteiger partial charge in [-0.25, -0.2) is 0 Å². The molecule has 0 aliphatic rings. The van der Waals surface area contributed by atoms with Crippen molar-refractivity contribution in [1.29, 1.82) is 0 Å². The van der Waals surface area contributed by atoms with Crippen LogP contribution in [0.4, 0.5) is 13.2 Å². The van der Waals surface area contributed by atoms with Crippen LogP contribution >= 0.6 is 12.0 Å². The van der Waals surface area contributed by atoms with Crippen molar-refractivity contribution in [2.75, 3.05) is 6.61 Å². The molecule has 0 saturated heterocycles. The van der Waals surface area contributed by atoms with Crippen molar-refractivity contribution in [3.8, 4) is 0 Å². The number of alkyl halides is 3. The lowest BCUT2D eigenvalue weighted by molar-refractivity contribution is -0.0408. The van der Waals surface area contributed by atoms with Gasteiger partial charge in [0.15, 0.2) is 0 Å². The number of hydrogen-bond acceptors (Lipinski definition) is 2. The molecule has 0 heterocycles. The van der Waals surface area contributed by atoms with E-state index < -0.39 is 17.6 Å². The van der Waals surface area contributed by atoms with Crippen molar-refractivity contribution in [2.45, 2.75) is 26.3 Å². The minimum Gasteiger partial charge on any atom is -0.307 e. The van der Waals surface area contributed by atoms with E-state index in [1.807, 2.05) is 20.8 Å². The zero-order valence-corrected chi connectivity index (χ0v) is 7.47. The molecule has 1 nitrogen and oxygen atoms in total. The van der Waals surface area contributed by atoms with Crippen LogP contribution in [-0.4, -0.2) is 12.1 Å². The van der Waals surface area contributed by atoms with Gasteiger partial charge in [-0.15, -0.1) is 0 Å². The highest BCUT2D eigenvalue weighted by Crippen LogP contribution is 2.32. The average molecular weight is 188 g/mol. The summed E-state index contributed by atoms with van der Waals surface area (Å²) in [5.74, 6) is 0. The van der Waals surface area contributed by atoms with Gasteiger partial charge >= 0.3 is 5.51 Å². The Balaban J connectivity index is 3.44. The fourth-order valence-electron chi connectivity index (χ4n) is 0.273. The van der Waals surface area contributed by atoms with Crippen molar-refractivity contribution < 1.29 is 17.4 Å². The smallest absolute Gasteiger partial charge is 0.307 e. The summed E-state index contributed by atoms with van der Waals surface area (Å²) in [4.78, 5) is 0. The zero-order chi connectivity index (χ0) is 9.12. The maximum absolute atomic E-state index is 11.5. The van der Waals surface area contributed by atoms with Crippen molar-refractivity contribution in [3.05, 3.63) is 0 Å². The average Bonchev–Trinajstić information content (AvgIpc) is 1.55. The van der Waals surface area contributed by atoms with Crippen molar-refractivity contribution in [1.82, 2.24) is 0 Å². The Kier molecular flexibility index (Phi) is 3.70. The minimum absolute atomic E-state index is 0.0944. The molecule has 0 N–H and O–H groups in total. The second-order valence-electron chi connectivity index (χ2n) is 3.35. The zero-order valence-electron chi connectivity index (χ0n) is 6.66. The Morgan fingerprint density at radius 3 is 1.91 bits per heavy atom. The van der Waals surface area contributed by atoms with Gasteiger partial charge in [-0.3, -0.25) is 0 Å². The summed E-state index contributed by atoms with van der Waals surface area (Å²) in [6.45, 7) is 5.52. The van der Waals surface area contributed by atoms with Crippen LogP contribution in [0.5, 0.6) is 0 Å². The maximum Gasteiger partial charge on any atom is 0.467 e. The second kappa shape index (κ2) is 3.67. The van der Waals surface area contributed by atoms with Gasteiger partial charge in [0.1, 0.15) is 12.0 Å². The first-order valence-corrected chi connectivity index (χ1v) is 3.82. The highest BCUT2D eigenvalue weighted by atomic mass is 32.2. The molecule has 0 amide bonds. The van der Waals surface area contributed by atoms with E-state index in [9.17, 15) is 13.2 Å². The first kappa shape index (κ1) is 11.1. The molecule has 0 aromatic carbocycles. The molecule has 0 saturated carbocycles. The Labute approximate surface area is 68.5 Å². The van der Waals surface area contributed by atoms with Gasteiger partial charge in [0.2, 0.25) is 0 Å². The van der Waals surface area contributed by atoms with E-state index in [2.05, 4.69) is 4.18 Å². The van der Waals surface area contributed by atoms with Gasteiger partial charge < -0.3 is 4.18 Å². The molecule has 5 heteroatoms. The molecular weight excluding hydrogens is 177 g/mol. The van der Waals surface area contributed by atoms with Crippen LogP contribution in [0.2, 0.25) is 0 Å². The van der Waals surface area contributed by atoms with Gasteiger partial charge in [0.05, 0.1) is 6.61 Å². The van der Waals surface area contributed by atoms with Gasteiger partial charge in [0, 0.05) is 0 Å². The quantitative estimate of drug-likeness (QED) is 0.615. The first-order valence-electron chi connectivity index (χ1n) is 3.08. The molecule has 0 aromatic heterocycles. The summed E-state index contributed by atoms with van der Waals surface area (Å²) in [6.07, 6.45) is 0. The van der Waals surface area contributed by atoms with Crippen LogP contribution < -0.4 is 0 Å². The Morgan fingerprint density at radius 2 is 1.64 bits per heavy atom. The molecule has 0 radical (unpaired) electrons. The Hall–Kier alpha value is 0.100. The van der Waals surface area contributed by atoms with Crippen LogP contribution in [0.25, 0.3) is 0 Å². The lowest BCUT2D eigenvalue weighted by Crippen LogP contribution is -2.14. The van der Waals surface area contributed by atoms with Crippen LogP contribution in [0.15, 0.2) is 0 Å². The lowest BCUT2D eigenvalue weighted by atomic mass is 9.99. The standard InChI is InChI=1S/C6H11F3OS/c1-5(2,3)4-10-11-6(7,8)9/h4H2,1-3H3. The summed E-state index contributed by atoms with van der Waals surface area (Å²) in [7, 11) is 0. The molecule has 0 aliphatic carbocycles. The van der Waals surface area contributed by atoms with Gasteiger partial charge in [-0.2, -0.15) is 13.2 Å². The topological polar surface area (TPSA) is 9.23 Å². The van der Waals surface area contributed by atoms with Gasteiger partial charge in [-0.05, 0) is 5.41 Å². The Morgan fingerprint density at radius 1 is 1.18 bits per heavy atom. The third-order valence-electron chi connectivity index (χ3n) is 0.645. The molecule has 0 rings (SSSR count). The molecule has 0 fully saturated rings. The highest BCUT2D eigenvalue weighted by molar-refractivity contribution is 7.95. The Bertz CT molecular complexity index is 102. The van der Waals surface area contributed by atoms with Crippen LogP contribution in [0.1, 0.15) is 20.8 Å². The van der Waals surface area contributed by atoms with E-state index in [0.717, 1.165) is 0 Å². The second-order valence-corrected chi connectivity index (χ2v) is 4.22. The minimum atomic E-state index is -4.29. The maximum atomic E-state index is 11.5. The molecule has 0 spiro atoms. The van der Waals surface area contributed by atoms with E-state index in [0.29, 0.717) is 0 Å². The van der Waals surface area contributed by atoms with Crippen molar-refractivity contribution in [3.63, 3.8) is 0 Å². The van der Waals surface area contributed by atoms with Crippen LogP contribution in [-0.2, 0) is 4.18 Å². The molecule has 0 bridgehead atoms. The van der Waals surface area contributed by atoms with Gasteiger partial charge in [-0.1, -0.05) is 20.8 Å². The van der Waals surface area contributed by atoms with E-state index in [-0.39, 0.29) is 12.0 Å². The van der Waals surface area contributed by atoms with E-state index >= 15 is 0 Å². The van der Waals surface area contributed by atoms with E-state index in [4.69, 9.17) is 0 Å². The fraction of sp³-hybridized carbons (Fsp3) is 1.00. The molecule has 0 aliphatic heterocycles. The van der Waals surface area contributed by atoms with Crippen LogP contribution in [0, 0.1) is 5.41 Å². The third kappa shape index (κ3) is 10.1. The molecular formula is C6H11F3OS. The summed E-state index contributed by atoms with van der Waals surface area (Å²) in [5.41, 5.74) is -4.51. The number of halogens is 3. The highest BCUT2D eigenvalue weighted by Gasteiger charge is 2.30. The fourth-order valence-corrected chi connectivity index (χ4v) is 0.819. The first-order chi connectivity index (χ1) is 4.71. The number of hydrogen-bond donors (Lipinski definition) is 0. The third-order valence-corrected chi connectivity index (χ3v) is 1.07. The molecule has 0 unspecified atom stereocenters. The summed E-state index contributed by atoms with van der Waals surface area (Å²) < 4.78 is 38.8. The molecule has 0 aromatic rings. The van der Waals surface area contributed by atoms with E-state index in [1.54, 1.807) is 0 Å². The monoisotopic (exact) mass is 188 g/mol. The van der Waals surface area contributed by atoms with Gasteiger partial charge in [0.25, 0.3) is 0 Å². The summed E-state index contributed by atoms with van der Waals surface area (Å²) >= 11 is -0.440. The SMILES string of the molecule is CC(C)(C)COSC(F)(F)F. The van der Waals surface area contributed by atoms with E-state index in [1.165, 1.54) is 0 Å². The number of rotatable bonds is 2. The van der Waals surface area contributed by atoms with Crippen molar-refractivity contribution in [2.24, 2.45) is 5.41 Å².